The van der Waals surface area contributed by atoms with Crippen LogP contribution in [0.15, 0.2) is 6.20 Å². The molecular weight excluding hydrogens is 270 g/mol. The summed E-state index contributed by atoms with van der Waals surface area (Å²) in [6.45, 7) is 4.34. The van der Waals surface area contributed by atoms with Gasteiger partial charge in [0.25, 0.3) is 0 Å². The quantitative estimate of drug-likeness (QED) is 0.861. The SMILES string of the molecule is CCC1CC(C(=O)O)C(C(=O)NCc2cn(C)nc2C)C1. The van der Waals surface area contributed by atoms with Gasteiger partial charge in [-0.25, -0.2) is 0 Å². The highest BCUT2D eigenvalue weighted by atomic mass is 16.4. The van der Waals surface area contributed by atoms with Crippen molar-refractivity contribution in [2.75, 3.05) is 0 Å². The number of rotatable bonds is 5. The number of carbonyl (C=O) groups excluding carboxylic acids is 1. The van der Waals surface area contributed by atoms with Crippen LogP contribution in [0.5, 0.6) is 0 Å². The van der Waals surface area contributed by atoms with E-state index in [4.69, 9.17) is 0 Å². The number of aryl methyl sites for hydroxylation is 2. The number of hydrogen-bond donors (Lipinski definition) is 2. The Morgan fingerprint density at radius 1 is 1.43 bits per heavy atom. The third-order valence-corrected chi connectivity index (χ3v) is 4.46. The first-order valence-electron chi connectivity index (χ1n) is 7.42. The van der Waals surface area contributed by atoms with E-state index in [9.17, 15) is 14.7 Å². The summed E-state index contributed by atoms with van der Waals surface area (Å²) in [6, 6.07) is 0. The Morgan fingerprint density at radius 3 is 2.62 bits per heavy atom. The van der Waals surface area contributed by atoms with Crippen molar-refractivity contribution in [2.45, 2.75) is 39.7 Å². The van der Waals surface area contributed by atoms with Gasteiger partial charge in [0.15, 0.2) is 0 Å². The lowest BCUT2D eigenvalue weighted by molar-refractivity contribution is -0.146. The molecule has 2 rings (SSSR count). The molecule has 0 bridgehead atoms. The van der Waals surface area contributed by atoms with Crippen molar-refractivity contribution in [1.82, 2.24) is 15.1 Å². The number of hydrogen-bond acceptors (Lipinski definition) is 3. The lowest BCUT2D eigenvalue weighted by atomic mass is 9.95. The molecule has 3 unspecified atom stereocenters. The van der Waals surface area contributed by atoms with Crippen molar-refractivity contribution >= 4 is 11.9 Å². The summed E-state index contributed by atoms with van der Waals surface area (Å²) >= 11 is 0. The summed E-state index contributed by atoms with van der Waals surface area (Å²) in [5.74, 6) is -1.64. The molecule has 0 aromatic carbocycles. The molecule has 1 aromatic heterocycles. The average molecular weight is 293 g/mol. The van der Waals surface area contributed by atoms with Gasteiger partial charge >= 0.3 is 5.97 Å². The van der Waals surface area contributed by atoms with E-state index >= 15 is 0 Å². The predicted molar refractivity (Wildman–Crippen MR) is 77.4 cm³/mol. The van der Waals surface area contributed by atoms with E-state index in [2.05, 4.69) is 10.4 Å². The first-order valence-corrected chi connectivity index (χ1v) is 7.42. The van der Waals surface area contributed by atoms with Crippen molar-refractivity contribution in [2.24, 2.45) is 24.8 Å². The number of amides is 1. The van der Waals surface area contributed by atoms with Crippen molar-refractivity contribution < 1.29 is 14.7 Å². The second kappa shape index (κ2) is 6.28. The molecule has 0 radical (unpaired) electrons. The normalized spacial score (nSPS) is 25.0. The zero-order valence-electron chi connectivity index (χ0n) is 12.8. The highest BCUT2D eigenvalue weighted by Gasteiger charge is 2.41. The van der Waals surface area contributed by atoms with Gasteiger partial charge in [-0.3, -0.25) is 14.3 Å². The average Bonchev–Trinajstić information content (AvgIpc) is 2.99. The number of carbonyl (C=O) groups is 2. The van der Waals surface area contributed by atoms with E-state index in [-0.39, 0.29) is 5.91 Å². The van der Waals surface area contributed by atoms with Gasteiger partial charge in [0.2, 0.25) is 5.91 Å². The molecule has 0 aliphatic heterocycles. The molecule has 1 heterocycles. The van der Waals surface area contributed by atoms with Crippen LogP contribution in [0, 0.1) is 24.7 Å². The Labute approximate surface area is 124 Å². The van der Waals surface area contributed by atoms with Crippen molar-refractivity contribution in [3.63, 3.8) is 0 Å². The van der Waals surface area contributed by atoms with Crippen molar-refractivity contribution in [1.29, 1.82) is 0 Å². The zero-order chi connectivity index (χ0) is 15.6. The van der Waals surface area contributed by atoms with Gasteiger partial charge in [0.1, 0.15) is 0 Å². The van der Waals surface area contributed by atoms with E-state index in [1.54, 1.807) is 4.68 Å². The fourth-order valence-electron chi connectivity index (χ4n) is 3.17. The van der Waals surface area contributed by atoms with Gasteiger partial charge in [0, 0.05) is 25.4 Å². The zero-order valence-corrected chi connectivity index (χ0v) is 12.8. The van der Waals surface area contributed by atoms with Crippen LogP contribution in [0.25, 0.3) is 0 Å². The summed E-state index contributed by atoms with van der Waals surface area (Å²) in [6.07, 6.45) is 4.07. The second-order valence-electron chi connectivity index (χ2n) is 5.93. The van der Waals surface area contributed by atoms with Gasteiger partial charge < -0.3 is 10.4 Å². The standard InChI is InChI=1S/C15H23N3O3/c1-4-10-5-12(13(6-10)15(20)21)14(19)16-7-11-8-18(3)17-9(11)2/h8,10,12-13H,4-7H2,1-3H3,(H,16,19)(H,20,21). The Hall–Kier alpha value is -1.85. The number of aliphatic carboxylic acids is 1. The molecule has 3 atom stereocenters. The van der Waals surface area contributed by atoms with E-state index < -0.39 is 17.8 Å². The van der Waals surface area contributed by atoms with E-state index in [0.717, 1.165) is 17.7 Å². The van der Waals surface area contributed by atoms with Crippen LogP contribution < -0.4 is 5.32 Å². The molecule has 0 saturated heterocycles. The summed E-state index contributed by atoms with van der Waals surface area (Å²) < 4.78 is 1.71. The molecule has 1 aromatic rings. The number of nitrogens with zero attached hydrogens (tertiary/aromatic N) is 2. The molecule has 1 saturated carbocycles. The minimum absolute atomic E-state index is 0.151. The van der Waals surface area contributed by atoms with E-state index in [0.29, 0.717) is 25.3 Å². The number of aromatic nitrogens is 2. The van der Waals surface area contributed by atoms with Gasteiger partial charge in [-0.1, -0.05) is 13.3 Å². The van der Waals surface area contributed by atoms with Gasteiger partial charge in [-0.05, 0) is 25.7 Å². The van der Waals surface area contributed by atoms with Crippen molar-refractivity contribution in [3.05, 3.63) is 17.5 Å². The van der Waals surface area contributed by atoms with Crippen LogP contribution in [-0.4, -0.2) is 26.8 Å². The maximum Gasteiger partial charge on any atom is 0.307 e. The van der Waals surface area contributed by atoms with Gasteiger partial charge in [0.05, 0.1) is 17.5 Å². The maximum atomic E-state index is 12.3. The second-order valence-corrected chi connectivity index (χ2v) is 5.93. The third kappa shape index (κ3) is 3.43. The topological polar surface area (TPSA) is 84.2 Å². The Balaban J connectivity index is 1.98. The fourth-order valence-corrected chi connectivity index (χ4v) is 3.17. The largest absolute Gasteiger partial charge is 0.481 e. The highest BCUT2D eigenvalue weighted by Crippen LogP contribution is 2.38. The molecule has 1 aliphatic carbocycles. The summed E-state index contributed by atoms with van der Waals surface area (Å²) in [5.41, 5.74) is 1.84. The van der Waals surface area contributed by atoms with Crippen LogP contribution in [-0.2, 0) is 23.2 Å². The highest BCUT2D eigenvalue weighted by molar-refractivity contribution is 5.85. The summed E-state index contributed by atoms with van der Waals surface area (Å²) in [4.78, 5) is 23.6. The van der Waals surface area contributed by atoms with Gasteiger partial charge in [-0.2, -0.15) is 5.10 Å². The minimum Gasteiger partial charge on any atom is -0.481 e. The minimum atomic E-state index is -0.858. The molecule has 1 fully saturated rings. The molecular formula is C15H23N3O3. The first kappa shape index (κ1) is 15.5. The first-order chi connectivity index (χ1) is 9.92. The van der Waals surface area contributed by atoms with Gasteiger partial charge in [-0.15, -0.1) is 0 Å². The van der Waals surface area contributed by atoms with E-state index in [1.165, 1.54) is 0 Å². The Bertz CT molecular complexity index is 538. The molecule has 0 spiro atoms. The monoisotopic (exact) mass is 293 g/mol. The maximum absolute atomic E-state index is 12.3. The number of carboxylic acids is 1. The smallest absolute Gasteiger partial charge is 0.307 e. The molecule has 6 heteroatoms. The lowest BCUT2D eigenvalue weighted by Gasteiger charge is -2.15. The molecule has 2 N–H and O–H groups in total. The van der Waals surface area contributed by atoms with Crippen LogP contribution in [0.1, 0.15) is 37.4 Å². The molecule has 6 nitrogen and oxygen atoms in total. The van der Waals surface area contributed by atoms with Crippen LogP contribution >= 0.6 is 0 Å². The van der Waals surface area contributed by atoms with Crippen LogP contribution in [0.2, 0.25) is 0 Å². The summed E-state index contributed by atoms with van der Waals surface area (Å²) in [5, 5.41) is 16.4. The molecule has 21 heavy (non-hydrogen) atoms. The van der Waals surface area contributed by atoms with Crippen molar-refractivity contribution in [3.8, 4) is 0 Å². The molecule has 116 valence electrons. The summed E-state index contributed by atoms with van der Waals surface area (Å²) in [7, 11) is 1.83. The fraction of sp³-hybridized carbons (Fsp3) is 0.667. The molecule has 1 aliphatic rings. The van der Waals surface area contributed by atoms with Crippen LogP contribution in [0.3, 0.4) is 0 Å². The Kier molecular flexibility index (Phi) is 4.65. The van der Waals surface area contributed by atoms with Crippen LogP contribution in [0.4, 0.5) is 0 Å². The Morgan fingerprint density at radius 2 is 2.10 bits per heavy atom. The third-order valence-electron chi connectivity index (χ3n) is 4.46. The lowest BCUT2D eigenvalue weighted by Crippen LogP contribution is -2.35. The number of nitrogens with one attached hydrogen (secondary N) is 1. The van der Waals surface area contributed by atoms with E-state index in [1.807, 2.05) is 27.1 Å². The predicted octanol–water partition coefficient (Wildman–Crippen LogP) is 1.48. The molecule has 1 amide bonds. The number of carboxylic acid groups (broad SMARTS) is 1.